The number of hydrogen-bond acceptors (Lipinski definition) is 5. The van der Waals surface area contributed by atoms with Crippen LogP contribution >= 0.6 is 0 Å². The van der Waals surface area contributed by atoms with Crippen molar-refractivity contribution in [1.82, 2.24) is 10.1 Å². The minimum absolute atomic E-state index is 0.0520. The topological polar surface area (TPSA) is 72.6 Å². The summed E-state index contributed by atoms with van der Waals surface area (Å²) in [4.78, 5) is 25.0. The Hall–Kier alpha value is -1.85. The molecule has 0 aliphatic rings. The Bertz CT molecular complexity index is 465. The summed E-state index contributed by atoms with van der Waals surface area (Å²) in [5.74, 6) is -0.122. The number of aryl methyl sites for hydroxylation is 1. The second kappa shape index (κ2) is 6.36. The van der Waals surface area contributed by atoms with E-state index in [0.717, 1.165) is 0 Å². The number of carbonyl (C=O) groups is 2. The van der Waals surface area contributed by atoms with Crippen LogP contribution in [0.15, 0.2) is 4.52 Å². The maximum Gasteiger partial charge on any atom is 0.325 e. The van der Waals surface area contributed by atoms with Crippen LogP contribution in [0.5, 0.6) is 0 Å². The van der Waals surface area contributed by atoms with Crippen LogP contribution in [0.3, 0.4) is 0 Å². The van der Waals surface area contributed by atoms with Gasteiger partial charge in [-0.3, -0.25) is 9.59 Å². The molecule has 0 atom stereocenters. The van der Waals surface area contributed by atoms with E-state index in [2.05, 4.69) is 5.16 Å². The highest BCUT2D eigenvalue weighted by molar-refractivity contribution is 5.97. The van der Waals surface area contributed by atoms with Crippen LogP contribution in [0.4, 0.5) is 0 Å². The van der Waals surface area contributed by atoms with Crippen molar-refractivity contribution in [3.05, 3.63) is 17.0 Å². The molecular formula is C13H20N2O4. The molecule has 0 aliphatic heterocycles. The molecule has 0 unspecified atom stereocenters. The van der Waals surface area contributed by atoms with Crippen molar-refractivity contribution in [2.75, 3.05) is 20.2 Å². The Morgan fingerprint density at radius 3 is 2.58 bits per heavy atom. The Morgan fingerprint density at radius 1 is 1.42 bits per heavy atom. The number of nitrogens with zero attached hydrogens (tertiary/aromatic N) is 2. The van der Waals surface area contributed by atoms with Gasteiger partial charge in [0.15, 0.2) is 5.76 Å². The van der Waals surface area contributed by atoms with Gasteiger partial charge in [0.05, 0.1) is 12.3 Å². The van der Waals surface area contributed by atoms with Crippen molar-refractivity contribution in [1.29, 1.82) is 0 Å². The second-order valence-electron chi connectivity index (χ2n) is 4.63. The first-order valence-corrected chi connectivity index (χ1v) is 6.25. The molecule has 0 saturated carbocycles. The molecule has 106 valence electrons. The molecule has 1 rings (SSSR count). The SMILES string of the molecule is CCOC(=O)CN(C)C(=O)c1c(C)noc1C(C)C. The zero-order valence-electron chi connectivity index (χ0n) is 12.0. The van der Waals surface area contributed by atoms with E-state index in [9.17, 15) is 9.59 Å². The van der Waals surface area contributed by atoms with Gasteiger partial charge in [-0.1, -0.05) is 19.0 Å². The Morgan fingerprint density at radius 2 is 2.05 bits per heavy atom. The maximum absolute atomic E-state index is 12.3. The Labute approximate surface area is 112 Å². The molecule has 6 heteroatoms. The van der Waals surface area contributed by atoms with Crippen LogP contribution < -0.4 is 0 Å². The summed E-state index contributed by atoms with van der Waals surface area (Å²) >= 11 is 0. The van der Waals surface area contributed by atoms with E-state index in [1.807, 2.05) is 13.8 Å². The van der Waals surface area contributed by atoms with Gasteiger partial charge < -0.3 is 14.2 Å². The monoisotopic (exact) mass is 268 g/mol. The van der Waals surface area contributed by atoms with Gasteiger partial charge in [0.25, 0.3) is 5.91 Å². The van der Waals surface area contributed by atoms with Crippen molar-refractivity contribution in [3.63, 3.8) is 0 Å². The van der Waals surface area contributed by atoms with E-state index in [4.69, 9.17) is 9.26 Å². The molecule has 1 aromatic heterocycles. The number of ether oxygens (including phenoxy) is 1. The lowest BCUT2D eigenvalue weighted by atomic mass is 10.0. The lowest BCUT2D eigenvalue weighted by Crippen LogP contribution is -2.33. The molecule has 0 aliphatic carbocycles. The van der Waals surface area contributed by atoms with Gasteiger partial charge in [0, 0.05) is 13.0 Å². The van der Waals surface area contributed by atoms with Gasteiger partial charge in [-0.2, -0.15) is 0 Å². The zero-order chi connectivity index (χ0) is 14.6. The quantitative estimate of drug-likeness (QED) is 0.760. The highest BCUT2D eigenvalue weighted by atomic mass is 16.5. The number of carbonyl (C=O) groups excluding carboxylic acids is 2. The normalized spacial score (nSPS) is 10.6. The number of likely N-dealkylation sites (N-methyl/N-ethyl adjacent to an activating group) is 1. The van der Waals surface area contributed by atoms with Crippen molar-refractivity contribution in [3.8, 4) is 0 Å². The predicted octanol–water partition coefficient (Wildman–Crippen LogP) is 1.74. The molecule has 0 bridgehead atoms. The van der Waals surface area contributed by atoms with E-state index in [-0.39, 0.29) is 18.4 Å². The number of aromatic nitrogens is 1. The third kappa shape index (κ3) is 3.56. The molecule has 6 nitrogen and oxygen atoms in total. The first-order valence-electron chi connectivity index (χ1n) is 6.25. The fraction of sp³-hybridized carbons (Fsp3) is 0.615. The summed E-state index contributed by atoms with van der Waals surface area (Å²) in [7, 11) is 1.55. The average Bonchev–Trinajstić information content (AvgIpc) is 2.70. The largest absolute Gasteiger partial charge is 0.465 e. The molecule has 1 heterocycles. The lowest BCUT2D eigenvalue weighted by molar-refractivity contribution is -0.143. The molecule has 0 N–H and O–H groups in total. The van der Waals surface area contributed by atoms with E-state index < -0.39 is 5.97 Å². The van der Waals surface area contributed by atoms with Crippen LogP contribution in [0.2, 0.25) is 0 Å². The van der Waals surface area contributed by atoms with Gasteiger partial charge in [-0.25, -0.2) is 0 Å². The average molecular weight is 268 g/mol. The number of amides is 1. The summed E-state index contributed by atoms with van der Waals surface area (Å²) in [6.45, 7) is 7.48. The number of esters is 1. The van der Waals surface area contributed by atoms with E-state index in [1.165, 1.54) is 4.90 Å². The van der Waals surface area contributed by atoms with Crippen molar-refractivity contribution >= 4 is 11.9 Å². The fourth-order valence-electron chi connectivity index (χ4n) is 1.70. The zero-order valence-corrected chi connectivity index (χ0v) is 12.0. The standard InChI is InChI=1S/C13H20N2O4/c1-6-18-10(16)7-15(5)13(17)11-9(4)14-19-12(11)8(2)3/h8H,6-7H2,1-5H3. The summed E-state index contributed by atoms with van der Waals surface area (Å²) in [5, 5.41) is 3.82. The molecule has 0 radical (unpaired) electrons. The minimum atomic E-state index is -0.432. The molecule has 1 aromatic rings. The molecule has 0 spiro atoms. The van der Waals surface area contributed by atoms with Crippen LogP contribution in [-0.4, -0.2) is 42.1 Å². The Kier molecular flexibility index (Phi) is 5.09. The first kappa shape index (κ1) is 15.2. The van der Waals surface area contributed by atoms with Crippen LogP contribution in [0.25, 0.3) is 0 Å². The number of rotatable bonds is 5. The van der Waals surface area contributed by atoms with Gasteiger partial charge in [-0.05, 0) is 13.8 Å². The molecule has 19 heavy (non-hydrogen) atoms. The molecule has 0 aromatic carbocycles. The van der Waals surface area contributed by atoms with E-state index >= 15 is 0 Å². The molecule has 0 saturated heterocycles. The highest BCUT2D eigenvalue weighted by Gasteiger charge is 2.26. The van der Waals surface area contributed by atoms with Gasteiger partial charge >= 0.3 is 5.97 Å². The lowest BCUT2D eigenvalue weighted by Gasteiger charge is -2.16. The third-order valence-corrected chi connectivity index (χ3v) is 2.65. The second-order valence-corrected chi connectivity index (χ2v) is 4.63. The highest BCUT2D eigenvalue weighted by Crippen LogP contribution is 2.23. The van der Waals surface area contributed by atoms with Gasteiger partial charge in [0.2, 0.25) is 0 Å². The smallest absolute Gasteiger partial charge is 0.325 e. The van der Waals surface area contributed by atoms with Gasteiger partial charge in [-0.15, -0.1) is 0 Å². The molecule has 0 fully saturated rings. The van der Waals surface area contributed by atoms with Gasteiger partial charge in [0.1, 0.15) is 12.1 Å². The summed E-state index contributed by atoms with van der Waals surface area (Å²) < 4.78 is 9.98. The molecule has 1 amide bonds. The number of hydrogen-bond donors (Lipinski definition) is 0. The van der Waals surface area contributed by atoms with Crippen molar-refractivity contribution in [2.24, 2.45) is 0 Å². The first-order chi connectivity index (χ1) is 8.88. The molecular weight excluding hydrogens is 248 g/mol. The summed E-state index contributed by atoms with van der Waals surface area (Å²) in [6, 6.07) is 0. The third-order valence-electron chi connectivity index (χ3n) is 2.65. The minimum Gasteiger partial charge on any atom is -0.465 e. The predicted molar refractivity (Wildman–Crippen MR) is 68.9 cm³/mol. The Balaban J connectivity index is 2.88. The van der Waals surface area contributed by atoms with Crippen LogP contribution in [-0.2, 0) is 9.53 Å². The summed E-state index contributed by atoms with van der Waals surface area (Å²) in [6.07, 6.45) is 0. The van der Waals surface area contributed by atoms with Crippen molar-refractivity contribution in [2.45, 2.75) is 33.6 Å². The summed E-state index contributed by atoms with van der Waals surface area (Å²) in [5.41, 5.74) is 0.964. The van der Waals surface area contributed by atoms with Crippen LogP contribution in [0, 0.1) is 6.92 Å². The fourth-order valence-corrected chi connectivity index (χ4v) is 1.70. The van der Waals surface area contributed by atoms with Crippen molar-refractivity contribution < 1.29 is 18.8 Å². The van der Waals surface area contributed by atoms with E-state index in [0.29, 0.717) is 23.6 Å². The van der Waals surface area contributed by atoms with E-state index in [1.54, 1.807) is 20.9 Å². The maximum atomic E-state index is 12.3. The van der Waals surface area contributed by atoms with Crippen LogP contribution in [0.1, 0.15) is 48.5 Å².